The normalized spacial score (nSPS) is 12.3. The number of phenolic OH excluding ortho intramolecular Hbond substituents is 1. The van der Waals surface area contributed by atoms with Gasteiger partial charge in [-0.05, 0) is 97.5 Å². The second-order valence-electron chi connectivity index (χ2n) is 17.6. The maximum atomic E-state index is 14.0. The Morgan fingerprint density at radius 3 is 2.10 bits per heavy atom. The molecule has 6 aromatic carbocycles. The van der Waals surface area contributed by atoms with E-state index < -0.39 is 32.1 Å². The molecule has 0 unspecified atom stereocenters. The van der Waals surface area contributed by atoms with Crippen molar-refractivity contribution in [2.45, 2.75) is 89.9 Å². The van der Waals surface area contributed by atoms with Gasteiger partial charge < -0.3 is 24.6 Å². The molecule has 17 heteroatoms. The number of phenols is 1. The number of sulfonamides is 2. The zero-order valence-electron chi connectivity index (χ0n) is 39.6. The highest BCUT2D eigenvalue weighted by Crippen LogP contribution is 2.41. The van der Waals surface area contributed by atoms with Crippen LogP contribution in [0.1, 0.15) is 95.6 Å². The molecule has 68 heavy (non-hydrogen) atoms. The fourth-order valence-corrected chi connectivity index (χ4v) is 9.09. The van der Waals surface area contributed by atoms with Crippen LogP contribution < -0.4 is 24.2 Å². The number of amides is 1. The molecule has 0 saturated heterocycles. The van der Waals surface area contributed by atoms with Gasteiger partial charge in [0, 0.05) is 33.7 Å². The first kappa shape index (κ1) is 50.7. The summed E-state index contributed by atoms with van der Waals surface area (Å²) in [6.07, 6.45) is 3.23. The number of carbonyl (C=O) groups excluding carboxylic acids is 2. The van der Waals surface area contributed by atoms with Crippen LogP contribution in [0, 0.1) is 0 Å². The van der Waals surface area contributed by atoms with Gasteiger partial charge in [0.2, 0.25) is 10.0 Å². The second kappa shape index (κ2) is 21.1. The van der Waals surface area contributed by atoms with Crippen LogP contribution in [0.2, 0.25) is 0 Å². The molecule has 0 radical (unpaired) electrons. The van der Waals surface area contributed by atoms with Crippen LogP contribution in [0.15, 0.2) is 118 Å². The van der Waals surface area contributed by atoms with E-state index in [0.29, 0.717) is 30.2 Å². The third kappa shape index (κ3) is 12.0. The maximum absolute atomic E-state index is 14.0. The number of azo groups is 1. The largest absolute Gasteiger partial charge is 0.513 e. The minimum atomic E-state index is -4.34. The first-order valence-corrected chi connectivity index (χ1v) is 25.8. The number of nitrogens with zero attached hydrogens (tertiary/aromatic N) is 2. The van der Waals surface area contributed by atoms with Crippen molar-refractivity contribution in [3.8, 4) is 17.2 Å². The molecule has 360 valence electrons. The molecule has 0 atom stereocenters. The molecule has 0 heterocycles. The first-order valence-electron chi connectivity index (χ1n) is 22.4. The number of fused-ring (bicyclic) bond motifs is 2. The highest BCUT2D eigenvalue weighted by atomic mass is 32.2. The number of aromatic hydroxyl groups is 1. The number of ether oxygens (including phenoxy) is 3. The van der Waals surface area contributed by atoms with Gasteiger partial charge in [0.15, 0.2) is 0 Å². The molecule has 4 N–H and O–H groups in total. The molecule has 15 nitrogen and oxygen atoms in total. The Kier molecular flexibility index (Phi) is 15.7. The minimum Gasteiger partial charge on any atom is -0.506 e. The van der Waals surface area contributed by atoms with Crippen LogP contribution in [0.4, 0.5) is 27.5 Å². The number of carbonyl (C=O) groups is 2. The van der Waals surface area contributed by atoms with Gasteiger partial charge in [0.1, 0.15) is 17.2 Å². The van der Waals surface area contributed by atoms with Gasteiger partial charge in [-0.3, -0.25) is 14.2 Å². The summed E-state index contributed by atoms with van der Waals surface area (Å²) in [7, 11) is -8.10. The molecule has 0 spiro atoms. The quantitative estimate of drug-likeness (QED) is 0.0187. The molecule has 6 rings (SSSR count). The third-order valence-electron chi connectivity index (χ3n) is 12.0. The molecule has 1 amide bonds. The summed E-state index contributed by atoms with van der Waals surface area (Å²) in [5.41, 5.74) is 2.77. The van der Waals surface area contributed by atoms with E-state index in [-0.39, 0.29) is 79.5 Å². The molecule has 0 aromatic heterocycles. The van der Waals surface area contributed by atoms with E-state index in [1.165, 1.54) is 59.7 Å². The number of anilines is 2. The van der Waals surface area contributed by atoms with E-state index in [1.807, 2.05) is 0 Å². The zero-order valence-corrected chi connectivity index (χ0v) is 41.2. The van der Waals surface area contributed by atoms with Gasteiger partial charge in [-0.1, -0.05) is 96.1 Å². The van der Waals surface area contributed by atoms with Crippen molar-refractivity contribution in [3.05, 3.63) is 120 Å². The highest BCUT2D eigenvalue weighted by Gasteiger charge is 2.27. The van der Waals surface area contributed by atoms with Crippen LogP contribution in [-0.2, 0) is 35.6 Å². The average Bonchev–Trinajstić information content (AvgIpc) is 3.30. The molecule has 0 fully saturated rings. The Morgan fingerprint density at radius 1 is 0.706 bits per heavy atom. The van der Waals surface area contributed by atoms with Crippen LogP contribution in [0.25, 0.3) is 21.5 Å². The first-order chi connectivity index (χ1) is 32.2. The summed E-state index contributed by atoms with van der Waals surface area (Å²) < 4.78 is 74.3. The Labute approximate surface area is 398 Å². The van der Waals surface area contributed by atoms with Gasteiger partial charge in [0.25, 0.3) is 15.9 Å². The van der Waals surface area contributed by atoms with Crippen LogP contribution in [0.5, 0.6) is 17.2 Å². The lowest BCUT2D eigenvalue weighted by molar-refractivity contribution is 0.0949. The lowest BCUT2D eigenvalue weighted by Gasteiger charge is -2.30. The van der Waals surface area contributed by atoms with Gasteiger partial charge in [0.05, 0.1) is 52.7 Å². The summed E-state index contributed by atoms with van der Waals surface area (Å²) in [4.78, 5) is 25.6. The molecule has 0 aliphatic rings. The smallest absolute Gasteiger partial charge is 0.506 e. The summed E-state index contributed by atoms with van der Waals surface area (Å²) in [6, 6.07) is 27.6. The number of unbranched alkanes of at least 4 members (excludes halogenated alkanes) is 1. The van der Waals surface area contributed by atoms with Crippen molar-refractivity contribution in [1.29, 1.82) is 0 Å². The van der Waals surface area contributed by atoms with E-state index in [0.717, 1.165) is 24.8 Å². The van der Waals surface area contributed by atoms with Gasteiger partial charge >= 0.3 is 6.16 Å². The summed E-state index contributed by atoms with van der Waals surface area (Å²) in [5, 5.41) is 24.0. The van der Waals surface area contributed by atoms with Crippen molar-refractivity contribution in [2.24, 2.45) is 10.2 Å². The second-order valence-corrected chi connectivity index (χ2v) is 21.1. The van der Waals surface area contributed by atoms with E-state index in [9.17, 15) is 31.5 Å². The number of rotatable bonds is 20. The Hall–Kier alpha value is -6.72. The summed E-state index contributed by atoms with van der Waals surface area (Å²) >= 11 is 0. The summed E-state index contributed by atoms with van der Waals surface area (Å²) in [5.74, 6) is 0.0521. The van der Waals surface area contributed by atoms with Gasteiger partial charge in [-0.15, -0.1) is 5.11 Å². The third-order valence-corrected chi connectivity index (χ3v) is 14.0. The molecular formula is C51H59N5O10S2. The monoisotopic (exact) mass is 965 g/mol. The van der Waals surface area contributed by atoms with E-state index in [4.69, 9.17) is 14.2 Å². The number of hydrogen-bond acceptors (Lipinski definition) is 12. The predicted octanol–water partition coefficient (Wildman–Crippen LogP) is 11.8. The van der Waals surface area contributed by atoms with Crippen LogP contribution in [0.3, 0.4) is 0 Å². The molecule has 0 aliphatic heterocycles. The fraction of sp³-hybridized carbons (Fsp3) is 0.333. The maximum Gasteiger partial charge on any atom is 0.513 e. The molecular weight excluding hydrogens is 907 g/mol. The van der Waals surface area contributed by atoms with Crippen molar-refractivity contribution in [3.63, 3.8) is 0 Å². The zero-order chi connectivity index (χ0) is 49.4. The number of hydrogen-bond donors (Lipinski definition) is 4. The summed E-state index contributed by atoms with van der Waals surface area (Å²) in [6.45, 7) is 15.7. The SMILES string of the molecule is CCOC(=O)Oc1ccc(N=Nc2cccc(S(=O)(=O)Nc3cc(C(=O)NCCCCOc4ccc(C(C)(C)CC)cc4C(C)(C)CC)c(O)c4ccccc34)c2)c2c(NS(C)(=O)=O)cccc12. The lowest BCUT2D eigenvalue weighted by Crippen LogP contribution is -2.25. The van der Waals surface area contributed by atoms with Gasteiger partial charge in [-0.2, -0.15) is 5.11 Å². The fourth-order valence-electron chi connectivity index (χ4n) is 7.41. The minimum absolute atomic E-state index is 0.0379. The van der Waals surface area contributed by atoms with Crippen LogP contribution >= 0.6 is 0 Å². The average molecular weight is 966 g/mol. The molecule has 0 bridgehead atoms. The number of nitrogens with one attached hydrogen (secondary N) is 3. The standard InChI is InChI=1S/C51H59N5O10S2/c1-9-50(4,5)33-24-26-45(40(30-33)51(6,7)10-2)65-29-15-14-28-52-48(58)39-32-43(36-20-12-13-21-37(36)47(39)57)56-68(62,63)35-19-16-18-34(31-35)53-54-41-25-27-44(66-49(59)64-11-3)38-22-17-23-42(46(38)41)55-67(8,60)61/h12-13,16-27,30-32,55-57H,9-11,14-15,28-29H2,1-8H3,(H,52,58). The van der Waals surface area contributed by atoms with Crippen molar-refractivity contribution < 1.29 is 45.7 Å². The van der Waals surface area contributed by atoms with E-state index >= 15 is 0 Å². The topological polar surface area (TPSA) is 211 Å². The van der Waals surface area contributed by atoms with Gasteiger partial charge in [-0.25, -0.2) is 21.6 Å². The lowest BCUT2D eigenvalue weighted by atomic mass is 9.76. The Morgan fingerprint density at radius 2 is 1.40 bits per heavy atom. The molecule has 6 aromatic rings. The van der Waals surface area contributed by atoms with E-state index in [2.05, 4.69) is 84.7 Å². The van der Waals surface area contributed by atoms with Crippen molar-refractivity contribution in [2.75, 3.05) is 35.5 Å². The molecule has 0 aliphatic carbocycles. The van der Waals surface area contributed by atoms with Crippen LogP contribution in [-0.4, -0.2) is 60.0 Å². The predicted molar refractivity (Wildman–Crippen MR) is 267 cm³/mol. The Bertz CT molecular complexity index is 3100. The number of benzene rings is 6. The highest BCUT2D eigenvalue weighted by molar-refractivity contribution is 7.92. The van der Waals surface area contributed by atoms with E-state index in [1.54, 1.807) is 43.3 Å². The van der Waals surface area contributed by atoms with Crippen molar-refractivity contribution >= 4 is 76.4 Å². The molecule has 0 saturated carbocycles. The Balaban J connectivity index is 1.18. The van der Waals surface area contributed by atoms with Crippen molar-refractivity contribution in [1.82, 2.24) is 5.32 Å².